The molecule has 0 atom stereocenters. The van der Waals surface area contributed by atoms with Gasteiger partial charge < -0.3 is 0 Å². The van der Waals surface area contributed by atoms with E-state index in [4.69, 9.17) is 2.25 Å². The third kappa shape index (κ3) is 6.44. The van der Waals surface area contributed by atoms with E-state index in [1.807, 2.05) is 0 Å². The van der Waals surface area contributed by atoms with Crippen molar-refractivity contribution in [2.45, 2.75) is 12.8 Å². The molecule has 8 heavy (non-hydrogen) atoms. The van der Waals surface area contributed by atoms with Gasteiger partial charge in [0, 0.05) is 0 Å². The van der Waals surface area contributed by atoms with Crippen LogP contribution in [-0.4, -0.2) is 13.8 Å². The minimum Gasteiger partial charge on any atom is -0.179 e. The van der Waals surface area contributed by atoms with Crippen LogP contribution in [0.15, 0.2) is 12.2 Å². The number of thiol groups is 2. The predicted octanol–water partition coefficient (Wildman–Crippen LogP) is 2.18. The average molecular weight is 152 g/mol. The van der Waals surface area contributed by atoms with Gasteiger partial charge in [0.05, 0.1) is 0 Å². The van der Waals surface area contributed by atoms with Gasteiger partial charge in [0.25, 0.3) is 0 Å². The minimum absolute atomic E-state index is 0.879. The van der Waals surface area contributed by atoms with Crippen molar-refractivity contribution in [1.29, 1.82) is 2.25 Å². The fraction of sp³-hybridized carbons (Fsp3) is 0.667. The van der Waals surface area contributed by atoms with Crippen molar-refractivity contribution in [3.8, 4) is 0 Å². The highest BCUT2D eigenvalue weighted by Crippen LogP contribution is 1.90. The van der Waals surface area contributed by atoms with E-state index in [1.165, 1.54) is 0 Å². The molecule has 0 aliphatic rings. The van der Waals surface area contributed by atoms with Crippen LogP contribution in [-0.2, 0) is 0 Å². The lowest BCUT2D eigenvalue weighted by molar-refractivity contribution is 1.18. The molecule has 0 aromatic rings. The predicted molar refractivity (Wildman–Crippen MR) is 46.1 cm³/mol. The Kier molecular flexibility index (Phi) is 4.88. The Hall–Kier alpha value is 0.440. The van der Waals surface area contributed by atoms with Gasteiger partial charge in [0.2, 0.25) is 0 Å². The molecule has 0 saturated heterocycles. The van der Waals surface area contributed by atoms with Crippen LogP contribution < -0.4 is 0 Å². The maximum atomic E-state index is 6.77. The fourth-order valence-corrected chi connectivity index (χ4v) is 0.644. The molecule has 0 aliphatic carbocycles. The number of hydrogen-bond acceptors (Lipinski definition) is 2. The van der Waals surface area contributed by atoms with Gasteiger partial charge in [-0.25, -0.2) is 0 Å². The lowest BCUT2D eigenvalue weighted by Gasteiger charge is -1.82. The molecule has 0 heterocycles. The monoisotopic (exact) mass is 152 g/mol. The van der Waals surface area contributed by atoms with Crippen LogP contribution in [0, 0.1) is 0 Å². The molecular formula is C6H12S2. The van der Waals surface area contributed by atoms with Crippen LogP contribution in [0.4, 0.5) is 0 Å². The zero-order valence-corrected chi connectivity index (χ0v) is 6.43. The van der Waals surface area contributed by atoms with Crippen molar-refractivity contribution in [2.75, 3.05) is 11.5 Å². The molecule has 0 spiro atoms. The van der Waals surface area contributed by atoms with E-state index in [0.29, 0.717) is 0 Å². The molecule has 0 rings (SSSR count). The molecule has 0 aromatic heterocycles. The van der Waals surface area contributed by atoms with Gasteiger partial charge in [-0.3, -0.25) is 0 Å². The summed E-state index contributed by atoms with van der Waals surface area (Å²) in [5.41, 5.74) is 0. The van der Waals surface area contributed by atoms with Crippen molar-refractivity contribution < 1.29 is 0 Å². The van der Waals surface area contributed by atoms with Crippen molar-refractivity contribution in [1.82, 2.24) is 0 Å². The Bertz CT molecular complexity index is 75.8. The van der Waals surface area contributed by atoms with E-state index < -0.39 is 0 Å². The Labute approximate surface area is 64.4 Å². The van der Waals surface area contributed by atoms with Crippen LogP contribution in [0.25, 0.3) is 0 Å². The zero-order chi connectivity index (χ0) is 7.66. The van der Waals surface area contributed by atoms with Gasteiger partial charge >= 0.3 is 0 Å². The maximum Gasteiger partial charge on any atom is 0.102 e. The lowest BCUT2D eigenvalue weighted by atomic mass is 10.3. The molecular weight excluding hydrogens is 136 g/mol. The van der Waals surface area contributed by atoms with Gasteiger partial charge in [-0.1, -0.05) is 12.2 Å². The first-order valence-corrected chi connectivity index (χ1v) is 3.88. The Balaban J connectivity index is 2.89. The summed E-state index contributed by atoms with van der Waals surface area (Å²) >= 11 is 2.24. The van der Waals surface area contributed by atoms with Crippen LogP contribution in [0.5, 0.6) is 0 Å². The van der Waals surface area contributed by atoms with Crippen molar-refractivity contribution in [3.05, 3.63) is 12.2 Å². The van der Waals surface area contributed by atoms with Gasteiger partial charge in [-0.05, 0) is 24.3 Å². The van der Waals surface area contributed by atoms with Crippen LogP contribution in [0.3, 0.4) is 0 Å². The molecule has 0 bridgehead atoms. The summed E-state index contributed by atoms with van der Waals surface area (Å²) in [4.78, 5) is 0. The minimum atomic E-state index is 0.879. The smallest absolute Gasteiger partial charge is 0.102 e. The standard InChI is InChI=1S/C6H12S2/c7-5-3-1-2-4-6-8/h1-2,7-8H,3-6H2/b2-1-/i/hT2. The summed E-state index contributed by atoms with van der Waals surface area (Å²) in [5.74, 6) is 1.76. The molecule has 0 radical (unpaired) electrons. The van der Waals surface area contributed by atoms with Gasteiger partial charge in [-0.15, -0.1) is 0 Å². The molecule has 0 aliphatic heterocycles. The highest BCUT2D eigenvalue weighted by atomic mass is 32.1. The second-order valence-electron chi connectivity index (χ2n) is 1.46. The number of hydrogen-bond donors (Lipinski definition) is 2. The summed E-state index contributed by atoms with van der Waals surface area (Å²) in [6.45, 7) is 0. The topological polar surface area (TPSA) is 0 Å². The zero-order valence-electron chi connectivity index (χ0n) is 6.80. The summed E-state index contributed by atoms with van der Waals surface area (Å²) in [7, 11) is 0. The SMILES string of the molecule is [3H]SCC/C=C\CCS[3H]. The third-order valence-corrected chi connectivity index (χ3v) is 1.21. The van der Waals surface area contributed by atoms with Crippen molar-refractivity contribution in [2.24, 2.45) is 0 Å². The Morgan fingerprint density at radius 1 is 1.12 bits per heavy atom. The maximum absolute atomic E-state index is 6.77. The fourth-order valence-electron chi connectivity index (χ4n) is 0.372. The van der Waals surface area contributed by atoms with E-state index in [2.05, 4.69) is 12.2 Å². The van der Waals surface area contributed by atoms with Gasteiger partial charge in [0.1, 0.15) is 2.25 Å². The van der Waals surface area contributed by atoms with Crippen LogP contribution in [0.2, 0.25) is 0 Å². The molecule has 0 nitrogen and oxygen atoms in total. The molecule has 0 N–H and O–H groups in total. The van der Waals surface area contributed by atoms with E-state index in [-0.39, 0.29) is 0 Å². The molecule has 2 heteroatoms. The largest absolute Gasteiger partial charge is 0.179 e. The first kappa shape index (κ1) is 5.24. The lowest BCUT2D eigenvalue weighted by Crippen LogP contribution is -1.69. The molecule has 0 amide bonds. The van der Waals surface area contributed by atoms with Crippen LogP contribution >= 0.6 is 25.1 Å². The average Bonchev–Trinajstić information content (AvgIpc) is 1.97. The second kappa shape index (κ2) is 7.44. The van der Waals surface area contributed by atoms with Gasteiger partial charge in [-0.2, -0.15) is 25.1 Å². The third-order valence-electron chi connectivity index (χ3n) is 0.736. The second-order valence-corrected chi connectivity index (χ2v) is 2.27. The number of allylic oxidation sites excluding steroid dienone is 2. The highest BCUT2D eigenvalue weighted by Gasteiger charge is 1.72. The van der Waals surface area contributed by atoms with Crippen LogP contribution in [0.1, 0.15) is 12.8 Å². The van der Waals surface area contributed by atoms with Crippen molar-refractivity contribution >= 4 is 25.1 Å². The molecule has 0 fully saturated rings. The summed E-state index contributed by atoms with van der Waals surface area (Å²) < 4.78 is 13.5. The normalized spacial score (nSPS) is 14.0. The number of rotatable bonds is 6. The molecule has 48 valence electrons. The first-order valence-electron chi connectivity index (χ1n) is 3.54. The Morgan fingerprint density at radius 2 is 1.62 bits per heavy atom. The Morgan fingerprint density at radius 3 is 2.00 bits per heavy atom. The molecule has 0 aromatic carbocycles. The molecule has 0 unspecified atom stereocenters. The van der Waals surface area contributed by atoms with Crippen molar-refractivity contribution in [3.63, 3.8) is 0 Å². The quantitative estimate of drug-likeness (QED) is 0.325. The van der Waals surface area contributed by atoms with E-state index in [9.17, 15) is 0 Å². The highest BCUT2D eigenvalue weighted by molar-refractivity contribution is 7.80. The van der Waals surface area contributed by atoms with E-state index in [1.54, 1.807) is 0 Å². The van der Waals surface area contributed by atoms with E-state index >= 15 is 0 Å². The summed E-state index contributed by atoms with van der Waals surface area (Å²) in [6.07, 6.45) is 6.13. The van der Waals surface area contributed by atoms with Gasteiger partial charge in [0.15, 0.2) is 0 Å². The molecule has 0 saturated carbocycles. The summed E-state index contributed by atoms with van der Waals surface area (Å²) in [6, 6.07) is 0. The first-order chi connectivity index (χ1) is 4.91. The van der Waals surface area contributed by atoms with E-state index in [0.717, 1.165) is 49.4 Å². The summed E-state index contributed by atoms with van der Waals surface area (Å²) in [5, 5.41) is 0.